The molecule has 0 aliphatic heterocycles. The molecule has 0 aromatic heterocycles. The van der Waals surface area contributed by atoms with Crippen LogP contribution in [-0.2, 0) is 4.79 Å². The van der Waals surface area contributed by atoms with Crippen LogP contribution in [-0.4, -0.2) is 40.9 Å². The maximum Gasteiger partial charge on any atom is 0.222 e. The van der Waals surface area contributed by atoms with Crippen molar-refractivity contribution in [3.63, 3.8) is 0 Å². The van der Waals surface area contributed by atoms with Gasteiger partial charge in [0.2, 0.25) is 5.91 Å². The number of aliphatic hydroxyl groups excluding tert-OH is 1. The Hall–Kier alpha value is -0.0900. The van der Waals surface area contributed by atoms with Crippen molar-refractivity contribution in [1.82, 2.24) is 4.90 Å². The summed E-state index contributed by atoms with van der Waals surface area (Å²) in [5, 5.41) is 9.62. The smallest absolute Gasteiger partial charge is 0.222 e. The second-order valence-corrected chi connectivity index (χ2v) is 3.99. The van der Waals surface area contributed by atoms with Gasteiger partial charge in [-0.3, -0.25) is 4.79 Å². The first kappa shape index (κ1) is 13.9. The number of aliphatic hydroxyl groups is 1. The van der Waals surface area contributed by atoms with Crippen molar-refractivity contribution in [3.8, 4) is 0 Å². The fourth-order valence-corrected chi connectivity index (χ4v) is 1.65. The number of rotatable bonds is 8. The minimum atomic E-state index is 0.158. The van der Waals surface area contributed by atoms with Gasteiger partial charge in [-0.1, -0.05) is 15.9 Å². The molecule has 0 bridgehead atoms. The van der Waals surface area contributed by atoms with Crippen molar-refractivity contribution in [2.45, 2.75) is 32.6 Å². The minimum Gasteiger partial charge on any atom is -0.396 e. The molecule has 0 spiro atoms. The average molecular weight is 266 g/mol. The summed E-state index contributed by atoms with van der Waals surface area (Å²) < 4.78 is 0. The number of nitrogens with zero attached hydrogens (tertiary/aromatic N) is 1. The third-order valence-corrected chi connectivity index (χ3v) is 2.66. The standard InChI is InChI=1S/C10H20BrNO2/c1-2-12(8-5-9-13)10(14)6-3-4-7-11/h13H,2-9H2,1H3. The van der Waals surface area contributed by atoms with Crippen molar-refractivity contribution < 1.29 is 9.90 Å². The maximum atomic E-state index is 11.6. The molecule has 0 aliphatic carbocycles. The fraction of sp³-hybridized carbons (Fsp3) is 0.900. The van der Waals surface area contributed by atoms with Crippen molar-refractivity contribution in [1.29, 1.82) is 0 Å². The van der Waals surface area contributed by atoms with E-state index in [4.69, 9.17) is 5.11 Å². The highest BCUT2D eigenvalue weighted by atomic mass is 79.9. The molecule has 0 heterocycles. The topological polar surface area (TPSA) is 40.5 Å². The SMILES string of the molecule is CCN(CCCO)C(=O)CCCCBr. The summed E-state index contributed by atoms with van der Waals surface area (Å²) in [7, 11) is 0. The van der Waals surface area contributed by atoms with Crippen LogP contribution < -0.4 is 0 Å². The lowest BCUT2D eigenvalue weighted by Crippen LogP contribution is -2.31. The Morgan fingerprint density at radius 2 is 2.07 bits per heavy atom. The van der Waals surface area contributed by atoms with Crippen LogP contribution in [0.1, 0.15) is 32.6 Å². The van der Waals surface area contributed by atoms with Crippen LogP contribution in [0.15, 0.2) is 0 Å². The van der Waals surface area contributed by atoms with E-state index in [1.807, 2.05) is 11.8 Å². The molecule has 0 saturated heterocycles. The zero-order chi connectivity index (χ0) is 10.8. The molecule has 0 radical (unpaired) electrons. The van der Waals surface area contributed by atoms with Gasteiger partial charge in [0.15, 0.2) is 0 Å². The second-order valence-electron chi connectivity index (χ2n) is 3.20. The van der Waals surface area contributed by atoms with Gasteiger partial charge in [-0.05, 0) is 26.2 Å². The largest absolute Gasteiger partial charge is 0.396 e. The molecule has 14 heavy (non-hydrogen) atoms. The third kappa shape index (κ3) is 6.38. The minimum absolute atomic E-state index is 0.158. The molecule has 0 unspecified atom stereocenters. The quantitative estimate of drug-likeness (QED) is 0.537. The van der Waals surface area contributed by atoms with Crippen LogP contribution in [0.3, 0.4) is 0 Å². The first-order valence-electron chi connectivity index (χ1n) is 5.20. The van der Waals surface area contributed by atoms with E-state index in [2.05, 4.69) is 15.9 Å². The zero-order valence-corrected chi connectivity index (χ0v) is 10.4. The van der Waals surface area contributed by atoms with E-state index in [1.165, 1.54) is 0 Å². The third-order valence-electron chi connectivity index (χ3n) is 2.09. The number of hydrogen-bond donors (Lipinski definition) is 1. The highest BCUT2D eigenvalue weighted by Gasteiger charge is 2.09. The Bertz CT molecular complexity index is 153. The number of carbonyl (C=O) groups is 1. The number of unbranched alkanes of at least 4 members (excludes halogenated alkanes) is 1. The van der Waals surface area contributed by atoms with Crippen LogP contribution in [0.5, 0.6) is 0 Å². The van der Waals surface area contributed by atoms with E-state index in [-0.39, 0.29) is 12.5 Å². The lowest BCUT2D eigenvalue weighted by molar-refractivity contribution is -0.131. The first-order valence-corrected chi connectivity index (χ1v) is 6.33. The normalized spacial score (nSPS) is 10.2. The summed E-state index contributed by atoms with van der Waals surface area (Å²) in [6.07, 6.45) is 3.30. The molecule has 0 fully saturated rings. The van der Waals surface area contributed by atoms with Crippen molar-refractivity contribution in [2.75, 3.05) is 25.0 Å². The number of hydrogen-bond acceptors (Lipinski definition) is 2. The molecule has 0 aromatic carbocycles. The molecule has 1 amide bonds. The van der Waals surface area contributed by atoms with Crippen molar-refractivity contribution in [3.05, 3.63) is 0 Å². The Kier molecular flexibility index (Phi) is 9.40. The molecule has 0 aromatic rings. The summed E-state index contributed by atoms with van der Waals surface area (Å²) in [6.45, 7) is 3.55. The van der Waals surface area contributed by atoms with Crippen LogP contribution in [0.2, 0.25) is 0 Å². The van der Waals surface area contributed by atoms with Crippen molar-refractivity contribution >= 4 is 21.8 Å². The van der Waals surface area contributed by atoms with Gasteiger partial charge in [0.1, 0.15) is 0 Å². The lowest BCUT2D eigenvalue weighted by Gasteiger charge is -2.20. The van der Waals surface area contributed by atoms with Gasteiger partial charge >= 0.3 is 0 Å². The van der Waals surface area contributed by atoms with E-state index in [0.29, 0.717) is 19.4 Å². The van der Waals surface area contributed by atoms with E-state index in [1.54, 1.807) is 0 Å². The van der Waals surface area contributed by atoms with E-state index >= 15 is 0 Å². The Morgan fingerprint density at radius 1 is 1.36 bits per heavy atom. The Balaban J connectivity index is 3.67. The Morgan fingerprint density at radius 3 is 2.57 bits per heavy atom. The molecule has 4 heteroatoms. The monoisotopic (exact) mass is 265 g/mol. The van der Waals surface area contributed by atoms with Gasteiger partial charge in [0.05, 0.1) is 0 Å². The Labute approximate surface area is 94.6 Å². The molecule has 1 N–H and O–H groups in total. The highest BCUT2D eigenvalue weighted by Crippen LogP contribution is 2.03. The number of alkyl halides is 1. The number of amides is 1. The summed E-state index contributed by atoms with van der Waals surface area (Å²) >= 11 is 3.34. The predicted octanol–water partition coefficient (Wildman–Crippen LogP) is 1.78. The molecule has 0 saturated carbocycles. The van der Waals surface area contributed by atoms with Crippen LogP contribution in [0.25, 0.3) is 0 Å². The lowest BCUT2D eigenvalue weighted by atomic mass is 10.2. The van der Waals surface area contributed by atoms with Gasteiger partial charge in [-0.25, -0.2) is 0 Å². The zero-order valence-electron chi connectivity index (χ0n) is 8.84. The van der Waals surface area contributed by atoms with E-state index < -0.39 is 0 Å². The summed E-state index contributed by atoms with van der Waals surface area (Å²) in [4.78, 5) is 13.4. The molecule has 84 valence electrons. The first-order chi connectivity index (χ1) is 6.76. The van der Waals surface area contributed by atoms with Gasteiger partial charge in [-0.15, -0.1) is 0 Å². The average Bonchev–Trinajstić information content (AvgIpc) is 2.19. The van der Waals surface area contributed by atoms with Gasteiger partial charge < -0.3 is 10.0 Å². The summed E-state index contributed by atoms with van der Waals surface area (Å²) in [5.74, 6) is 0.210. The maximum absolute atomic E-state index is 11.6. The van der Waals surface area contributed by atoms with Crippen LogP contribution in [0, 0.1) is 0 Å². The van der Waals surface area contributed by atoms with E-state index in [0.717, 1.165) is 24.7 Å². The molecule has 0 atom stereocenters. The van der Waals surface area contributed by atoms with Crippen molar-refractivity contribution in [2.24, 2.45) is 0 Å². The molecular weight excluding hydrogens is 246 g/mol. The molecule has 0 rings (SSSR count). The van der Waals surface area contributed by atoms with E-state index in [9.17, 15) is 4.79 Å². The summed E-state index contributed by atoms with van der Waals surface area (Å²) in [5.41, 5.74) is 0. The molecule has 3 nitrogen and oxygen atoms in total. The number of halogens is 1. The predicted molar refractivity (Wildman–Crippen MR) is 61.6 cm³/mol. The van der Waals surface area contributed by atoms with Crippen LogP contribution >= 0.6 is 15.9 Å². The van der Waals surface area contributed by atoms with Crippen LogP contribution in [0.4, 0.5) is 0 Å². The van der Waals surface area contributed by atoms with Gasteiger partial charge in [0, 0.05) is 31.4 Å². The second kappa shape index (κ2) is 9.46. The van der Waals surface area contributed by atoms with Gasteiger partial charge in [-0.2, -0.15) is 0 Å². The fourth-order valence-electron chi connectivity index (χ4n) is 1.25. The summed E-state index contributed by atoms with van der Waals surface area (Å²) in [6, 6.07) is 0. The molecular formula is C10H20BrNO2. The van der Waals surface area contributed by atoms with Gasteiger partial charge in [0.25, 0.3) is 0 Å². The highest BCUT2D eigenvalue weighted by molar-refractivity contribution is 9.09. The molecule has 0 aliphatic rings. The number of carbonyl (C=O) groups excluding carboxylic acids is 1.